The van der Waals surface area contributed by atoms with Gasteiger partial charge in [-0.3, -0.25) is 0 Å². The van der Waals surface area contributed by atoms with Gasteiger partial charge in [-0.1, -0.05) is 50.6 Å². The van der Waals surface area contributed by atoms with E-state index in [9.17, 15) is 5.11 Å². The van der Waals surface area contributed by atoms with Gasteiger partial charge in [-0.2, -0.15) is 0 Å². The third-order valence-electron chi connectivity index (χ3n) is 4.33. The molecule has 1 aromatic heterocycles. The molecule has 25 heavy (non-hydrogen) atoms. The van der Waals surface area contributed by atoms with Crippen LogP contribution in [0.3, 0.4) is 0 Å². The smallest absolute Gasteiger partial charge is 0.125 e. The zero-order valence-electron chi connectivity index (χ0n) is 15.2. The fourth-order valence-corrected chi connectivity index (χ4v) is 3.11. The minimum absolute atomic E-state index is 0.390. The van der Waals surface area contributed by atoms with E-state index in [1.807, 2.05) is 16.8 Å². The highest BCUT2D eigenvalue weighted by Gasteiger charge is 2.28. The fourth-order valence-electron chi connectivity index (χ4n) is 2.93. The molecule has 2 rings (SSSR count). The first-order chi connectivity index (χ1) is 12.0. The van der Waals surface area contributed by atoms with Gasteiger partial charge in [-0.05, 0) is 31.5 Å². The Hall–Kier alpha value is -1.52. The second-order valence-electron chi connectivity index (χ2n) is 6.77. The highest BCUT2D eigenvalue weighted by molar-refractivity contribution is 6.30. The summed E-state index contributed by atoms with van der Waals surface area (Å²) in [7, 11) is 0. The molecule has 4 nitrogen and oxygen atoms in total. The lowest BCUT2D eigenvalue weighted by Crippen LogP contribution is -2.28. The van der Waals surface area contributed by atoms with E-state index in [0.717, 1.165) is 6.42 Å². The molecule has 0 fully saturated rings. The highest BCUT2D eigenvalue weighted by atomic mass is 35.5. The maximum absolute atomic E-state index is 11.0. The number of imidazole rings is 1. The van der Waals surface area contributed by atoms with Crippen LogP contribution in [0.15, 0.2) is 36.9 Å². The van der Waals surface area contributed by atoms with E-state index in [4.69, 9.17) is 16.3 Å². The third kappa shape index (κ3) is 6.37. The topological polar surface area (TPSA) is 47.3 Å². The van der Waals surface area contributed by atoms with Crippen molar-refractivity contribution in [2.24, 2.45) is 0 Å². The van der Waals surface area contributed by atoms with Crippen molar-refractivity contribution >= 4 is 11.6 Å². The van der Waals surface area contributed by atoms with Crippen molar-refractivity contribution in [3.63, 3.8) is 0 Å². The number of benzene rings is 1. The second-order valence-corrected chi connectivity index (χ2v) is 7.20. The minimum atomic E-state index is -1.10. The van der Waals surface area contributed by atoms with Crippen LogP contribution in [0, 0.1) is 0 Å². The van der Waals surface area contributed by atoms with Gasteiger partial charge in [0.1, 0.15) is 11.4 Å². The van der Waals surface area contributed by atoms with Gasteiger partial charge < -0.3 is 14.4 Å². The zero-order valence-corrected chi connectivity index (χ0v) is 16.0. The molecule has 0 bridgehead atoms. The van der Waals surface area contributed by atoms with E-state index >= 15 is 0 Å². The molecule has 5 heteroatoms. The monoisotopic (exact) mass is 364 g/mol. The van der Waals surface area contributed by atoms with Crippen LogP contribution >= 0.6 is 11.6 Å². The van der Waals surface area contributed by atoms with E-state index in [-0.39, 0.29) is 0 Å². The SMILES string of the molecule is CCCCCCCCOc1ccc(Cl)cc1C(C)(O)Cn1ccnc1. The number of nitrogens with zero attached hydrogens (tertiary/aromatic N) is 2. The predicted octanol–water partition coefficient (Wildman–Crippen LogP) is 5.18. The Labute approximate surface area is 155 Å². The Balaban J connectivity index is 1.96. The normalized spacial score (nSPS) is 13.6. The number of unbranched alkanes of at least 4 members (excludes halogenated alkanes) is 5. The van der Waals surface area contributed by atoms with Crippen LogP contribution in [0.1, 0.15) is 57.9 Å². The summed E-state index contributed by atoms with van der Waals surface area (Å²) < 4.78 is 7.81. The van der Waals surface area contributed by atoms with Crippen LogP contribution < -0.4 is 4.74 Å². The summed E-state index contributed by atoms with van der Waals surface area (Å²) in [6.07, 6.45) is 12.5. The van der Waals surface area contributed by atoms with Crippen LogP contribution in [-0.4, -0.2) is 21.3 Å². The first-order valence-electron chi connectivity index (χ1n) is 9.14. The van der Waals surface area contributed by atoms with Crippen LogP contribution in [0.4, 0.5) is 0 Å². The zero-order chi connectivity index (χ0) is 18.1. The molecule has 1 N–H and O–H groups in total. The van der Waals surface area contributed by atoms with Crippen molar-refractivity contribution in [1.82, 2.24) is 9.55 Å². The average molecular weight is 365 g/mol. The molecule has 1 heterocycles. The summed E-state index contributed by atoms with van der Waals surface area (Å²) in [5.41, 5.74) is -0.387. The van der Waals surface area contributed by atoms with Crippen LogP contribution in [0.5, 0.6) is 5.75 Å². The molecule has 138 valence electrons. The molecular formula is C20H29ClN2O2. The number of rotatable bonds is 11. The fraction of sp³-hybridized carbons (Fsp3) is 0.550. The standard InChI is InChI=1S/C20H29ClN2O2/c1-3-4-5-6-7-8-13-25-19-10-9-17(21)14-18(19)20(2,24)15-23-12-11-22-16-23/h9-12,14,16,24H,3-8,13,15H2,1-2H3. The number of hydrogen-bond acceptors (Lipinski definition) is 3. The molecule has 1 unspecified atom stereocenters. The van der Waals surface area contributed by atoms with E-state index in [1.54, 1.807) is 31.6 Å². The lowest BCUT2D eigenvalue weighted by Gasteiger charge is -2.27. The number of hydrogen-bond donors (Lipinski definition) is 1. The largest absolute Gasteiger partial charge is 0.493 e. The summed E-state index contributed by atoms with van der Waals surface area (Å²) in [6.45, 7) is 5.04. The van der Waals surface area contributed by atoms with Crippen molar-refractivity contribution in [1.29, 1.82) is 0 Å². The summed E-state index contributed by atoms with van der Waals surface area (Å²) in [5, 5.41) is 11.6. The molecule has 0 saturated carbocycles. The molecule has 0 aliphatic rings. The van der Waals surface area contributed by atoms with Crippen molar-refractivity contribution < 1.29 is 9.84 Å². The van der Waals surface area contributed by atoms with E-state index < -0.39 is 5.60 Å². The maximum atomic E-state index is 11.0. The van der Waals surface area contributed by atoms with E-state index in [0.29, 0.717) is 29.5 Å². The van der Waals surface area contributed by atoms with Crippen LogP contribution in [0.2, 0.25) is 5.02 Å². The van der Waals surface area contributed by atoms with Crippen LogP contribution in [-0.2, 0) is 12.1 Å². The maximum Gasteiger partial charge on any atom is 0.125 e. The molecule has 0 radical (unpaired) electrons. The molecule has 1 aromatic carbocycles. The summed E-state index contributed by atoms with van der Waals surface area (Å²) in [4.78, 5) is 4.03. The molecule has 2 aromatic rings. The molecule has 0 amide bonds. The number of ether oxygens (including phenoxy) is 1. The Kier molecular flexibility index (Phi) is 7.79. The van der Waals surface area contributed by atoms with Gasteiger partial charge >= 0.3 is 0 Å². The number of aliphatic hydroxyl groups is 1. The van der Waals surface area contributed by atoms with Gasteiger partial charge in [0.15, 0.2) is 0 Å². The molecule has 0 saturated heterocycles. The summed E-state index contributed by atoms with van der Waals surface area (Å²) in [6, 6.07) is 5.43. The van der Waals surface area contributed by atoms with Crippen molar-refractivity contribution in [3.8, 4) is 5.75 Å². The number of halogens is 1. The first kappa shape index (κ1) is 19.8. The van der Waals surface area contributed by atoms with Gasteiger partial charge in [0.25, 0.3) is 0 Å². The van der Waals surface area contributed by atoms with E-state index in [2.05, 4.69) is 11.9 Å². The van der Waals surface area contributed by atoms with Gasteiger partial charge in [0.05, 0.1) is 19.5 Å². The highest BCUT2D eigenvalue weighted by Crippen LogP contribution is 2.33. The van der Waals surface area contributed by atoms with Gasteiger partial charge in [-0.25, -0.2) is 4.98 Å². The Bertz CT molecular complexity index is 627. The second kappa shape index (κ2) is 9.83. The first-order valence-corrected chi connectivity index (χ1v) is 9.51. The van der Waals surface area contributed by atoms with Crippen LogP contribution in [0.25, 0.3) is 0 Å². The van der Waals surface area contributed by atoms with Crippen molar-refractivity contribution in [2.45, 2.75) is 64.5 Å². The van der Waals surface area contributed by atoms with E-state index in [1.165, 1.54) is 32.1 Å². The quantitative estimate of drug-likeness (QED) is 0.558. The Morgan fingerprint density at radius 1 is 1.20 bits per heavy atom. The third-order valence-corrected chi connectivity index (χ3v) is 4.56. The molecule has 1 atom stereocenters. The average Bonchev–Trinajstić information content (AvgIpc) is 3.07. The lowest BCUT2D eigenvalue weighted by molar-refractivity contribution is 0.0352. The molecule has 0 aliphatic carbocycles. The lowest BCUT2D eigenvalue weighted by atomic mass is 9.95. The van der Waals surface area contributed by atoms with Crippen molar-refractivity contribution in [2.75, 3.05) is 6.61 Å². The molecule has 0 spiro atoms. The van der Waals surface area contributed by atoms with Gasteiger partial charge in [0, 0.05) is 23.0 Å². The number of aromatic nitrogens is 2. The Morgan fingerprint density at radius 2 is 1.96 bits per heavy atom. The predicted molar refractivity (Wildman–Crippen MR) is 102 cm³/mol. The van der Waals surface area contributed by atoms with Gasteiger partial charge in [0.2, 0.25) is 0 Å². The van der Waals surface area contributed by atoms with Gasteiger partial charge in [-0.15, -0.1) is 0 Å². The molecular weight excluding hydrogens is 336 g/mol. The van der Waals surface area contributed by atoms with Crippen molar-refractivity contribution in [3.05, 3.63) is 47.5 Å². The Morgan fingerprint density at radius 3 is 2.68 bits per heavy atom. The summed E-state index contributed by atoms with van der Waals surface area (Å²) in [5.74, 6) is 0.697. The molecule has 0 aliphatic heterocycles. The minimum Gasteiger partial charge on any atom is -0.493 e. The summed E-state index contributed by atoms with van der Waals surface area (Å²) >= 11 is 6.15.